The number of fused-ring (bicyclic) bond motifs is 2. The van der Waals surface area contributed by atoms with Crippen LogP contribution in [0, 0.1) is 0 Å². The molecule has 2 aromatic carbocycles. The van der Waals surface area contributed by atoms with Crippen molar-refractivity contribution in [3.63, 3.8) is 0 Å². The summed E-state index contributed by atoms with van der Waals surface area (Å²) in [5.41, 5.74) is 2.12. The number of rotatable bonds is 2. The summed E-state index contributed by atoms with van der Waals surface area (Å²) in [7, 11) is 0. The van der Waals surface area contributed by atoms with Crippen molar-refractivity contribution >= 4 is 21.8 Å². The van der Waals surface area contributed by atoms with Gasteiger partial charge in [0.15, 0.2) is 0 Å². The maximum Gasteiger partial charge on any atom is 0.0709 e. The van der Waals surface area contributed by atoms with Crippen LogP contribution in [0.1, 0.15) is 12.8 Å². The normalized spacial score (nSPS) is 15.0. The molecule has 0 fully saturated rings. The predicted octanol–water partition coefficient (Wildman–Crippen LogP) is 6.14. The van der Waals surface area contributed by atoms with E-state index in [2.05, 4.69) is 59.6 Å². The van der Waals surface area contributed by atoms with Crippen molar-refractivity contribution in [3.05, 3.63) is 97.6 Å². The summed E-state index contributed by atoms with van der Waals surface area (Å²) in [4.78, 5) is 4.58. The Balaban J connectivity index is 0.000000129. The van der Waals surface area contributed by atoms with Gasteiger partial charge in [-0.25, -0.2) is 4.98 Å². The molecule has 1 nitrogen and oxygen atoms in total. The summed E-state index contributed by atoms with van der Waals surface area (Å²) in [5.74, 6) is 0. The molecule has 25 heavy (non-hydrogen) atoms. The minimum absolute atomic E-state index is 0.312. The Bertz CT molecular complexity index is 891. The van der Waals surface area contributed by atoms with Crippen molar-refractivity contribution in [2.24, 2.45) is 0 Å². The first-order valence-electron chi connectivity index (χ1n) is 8.61. The third-order valence-corrected chi connectivity index (χ3v) is 7.69. The SMILES string of the molecule is C1=CC[C]([Zr][C]2=CC=CC2)=C1.c1ccc2nc3ccccc3cc2c1. The van der Waals surface area contributed by atoms with Crippen molar-refractivity contribution in [1.82, 2.24) is 4.98 Å². The number of hydrogen-bond acceptors (Lipinski definition) is 1. The molecule has 2 aliphatic rings. The van der Waals surface area contributed by atoms with Gasteiger partial charge in [0.25, 0.3) is 0 Å². The number of hydrogen-bond donors (Lipinski definition) is 0. The van der Waals surface area contributed by atoms with Gasteiger partial charge in [-0.05, 0) is 18.2 Å². The van der Waals surface area contributed by atoms with Gasteiger partial charge in [-0.2, -0.15) is 0 Å². The number of aromatic nitrogens is 1. The Kier molecular flexibility index (Phi) is 5.18. The van der Waals surface area contributed by atoms with Crippen molar-refractivity contribution in [3.8, 4) is 0 Å². The molecule has 2 aliphatic carbocycles. The first-order valence-corrected chi connectivity index (χ1v) is 11.1. The molecule has 120 valence electrons. The van der Waals surface area contributed by atoms with E-state index in [1.54, 1.807) is 6.56 Å². The van der Waals surface area contributed by atoms with Gasteiger partial charge in [-0.15, -0.1) is 0 Å². The summed E-state index contributed by atoms with van der Waals surface area (Å²) in [5, 5.41) is 2.40. The van der Waals surface area contributed by atoms with Crippen LogP contribution in [0.3, 0.4) is 0 Å². The zero-order chi connectivity index (χ0) is 16.9. The van der Waals surface area contributed by atoms with Gasteiger partial charge in [0.05, 0.1) is 11.0 Å². The first-order chi connectivity index (χ1) is 12.4. The van der Waals surface area contributed by atoms with E-state index in [-0.39, 0.29) is 23.2 Å². The molecular formula is C23H19NZr. The molecule has 0 saturated heterocycles. The average molecular weight is 401 g/mol. The fourth-order valence-electron chi connectivity index (χ4n) is 3.01. The van der Waals surface area contributed by atoms with E-state index >= 15 is 0 Å². The van der Waals surface area contributed by atoms with Crippen LogP contribution in [0.4, 0.5) is 0 Å². The average Bonchev–Trinajstić information content (AvgIpc) is 3.35. The van der Waals surface area contributed by atoms with E-state index in [4.69, 9.17) is 0 Å². The molecule has 0 spiro atoms. The van der Waals surface area contributed by atoms with Crippen molar-refractivity contribution in [2.75, 3.05) is 0 Å². The summed E-state index contributed by atoms with van der Waals surface area (Å²) in [6, 6.07) is 18.6. The number of pyridine rings is 1. The third kappa shape index (κ3) is 4.14. The molecule has 0 N–H and O–H groups in total. The molecule has 0 saturated carbocycles. The third-order valence-electron chi connectivity index (χ3n) is 4.29. The van der Waals surface area contributed by atoms with Crippen LogP contribution in [0.25, 0.3) is 21.8 Å². The van der Waals surface area contributed by atoms with Gasteiger partial charge in [-0.1, -0.05) is 36.4 Å². The molecule has 0 atom stereocenters. The molecule has 5 rings (SSSR count). The van der Waals surface area contributed by atoms with Crippen molar-refractivity contribution in [2.45, 2.75) is 12.8 Å². The van der Waals surface area contributed by atoms with E-state index in [0.717, 1.165) is 11.0 Å². The summed E-state index contributed by atoms with van der Waals surface area (Å²) in [6.45, 7) is 0. The standard InChI is InChI=1S/C13H9N.2C5H5.Zr/c1-3-7-12-10(5-1)9-11-6-2-4-8-13(11)14-12;2*1-2-4-5-3-1;/h1-9H;2*1-3H,4H2;. The van der Waals surface area contributed by atoms with Crippen LogP contribution in [-0.4, -0.2) is 4.98 Å². The van der Waals surface area contributed by atoms with Crippen LogP contribution >= 0.6 is 0 Å². The predicted molar refractivity (Wildman–Crippen MR) is 103 cm³/mol. The van der Waals surface area contributed by atoms with E-state index < -0.39 is 0 Å². The van der Waals surface area contributed by atoms with Gasteiger partial charge in [-0.3, -0.25) is 0 Å². The molecule has 0 unspecified atom stereocenters. The summed E-state index contributed by atoms with van der Waals surface area (Å²) < 4.78 is 3.45. The van der Waals surface area contributed by atoms with Gasteiger partial charge in [0.1, 0.15) is 0 Å². The number of benzene rings is 2. The monoisotopic (exact) mass is 399 g/mol. The van der Waals surface area contributed by atoms with Gasteiger partial charge in [0.2, 0.25) is 0 Å². The van der Waals surface area contributed by atoms with Crippen LogP contribution < -0.4 is 0 Å². The maximum absolute atomic E-state index is 4.58. The minimum Gasteiger partial charge on any atom is -0.248 e. The molecule has 1 heterocycles. The van der Waals surface area contributed by atoms with Crippen LogP contribution in [0.2, 0.25) is 0 Å². The second kappa shape index (κ2) is 7.89. The molecular weight excluding hydrogens is 381 g/mol. The second-order valence-electron chi connectivity index (χ2n) is 6.15. The largest absolute Gasteiger partial charge is 0.248 e. The first kappa shape index (κ1) is 16.4. The van der Waals surface area contributed by atoms with Gasteiger partial charge >= 0.3 is 79.1 Å². The number of nitrogens with zero attached hydrogens (tertiary/aromatic N) is 1. The van der Waals surface area contributed by atoms with E-state index in [1.807, 2.05) is 36.4 Å². The van der Waals surface area contributed by atoms with Crippen LogP contribution in [0.15, 0.2) is 97.6 Å². The molecule has 0 aliphatic heterocycles. The van der Waals surface area contributed by atoms with Crippen molar-refractivity contribution < 1.29 is 23.2 Å². The Labute approximate surface area is 160 Å². The Hall–Kier alpha value is -2.05. The fraction of sp³-hybridized carbons (Fsp3) is 0.0870. The molecule has 0 radical (unpaired) electrons. The van der Waals surface area contributed by atoms with Crippen molar-refractivity contribution in [1.29, 1.82) is 0 Å². The quantitative estimate of drug-likeness (QED) is 0.471. The molecule has 2 heteroatoms. The number of para-hydroxylation sites is 2. The van der Waals surface area contributed by atoms with E-state index in [0.29, 0.717) is 0 Å². The van der Waals surface area contributed by atoms with Crippen LogP contribution in [0.5, 0.6) is 0 Å². The Morgan fingerprint density at radius 3 is 1.68 bits per heavy atom. The molecule has 1 aromatic heterocycles. The molecule has 0 bridgehead atoms. The zero-order valence-electron chi connectivity index (χ0n) is 14.0. The van der Waals surface area contributed by atoms with E-state index in [9.17, 15) is 0 Å². The second-order valence-corrected chi connectivity index (χ2v) is 9.92. The van der Waals surface area contributed by atoms with Gasteiger partial charge < -0.3 is 0 Å². The van der Waals surface area contributed by atoms with E-state index in [1.165, 1.54) is 23.6 Å². The van der Waals surface area contributed by atoms with Crippen LogP contribution in [-0.2, 0) is 23.2 Å². The summed E-state index contributed by atoms with van der Waals surface area (Å²) >= 11 is -0.312. The maximum atomic E-state index is 4.58. The molecule has 0 amide bonds. The minimum atomic E-state index is -0.312. The smallest absolute Gasteiger partial charge is 0.0709 e. The fourth-order valence-corrected chi connectivity index (χ4v) is 5.98. The van der Waals surface area contributed by atoms with Gasteiger partial charge in [0, 0.05) is 10.8 Å². The number of allylic oxidation sites excluding steroid dienone is 8. The topological polar surface area (TPSA) is 12.9 Å². The molecule has 3 aromatic rings. The zero-order valence-corrected chi connectivity index (χ0v) is 16.5. The summed E-state index contributed by atoms with van der Waals surface area (Å²) in [6.07, 6.45) is 16.0. The Morgan fingerprint density at radius 2 is 1.20 bits per heavy atom. The Morgan fingerprint density at radius 1 is 0.680 bits per heavy atom.